The minimum absolute atomic E-state index is 0.0955. The van der Waals surface area contributed by atoms with Crippen LogP contribution in [0.2, 0.25) is 0 Å². The topological polar surface area (TPSA) is 54.7 Å². The number of rotatable bonds is 1. The molecule has 1 aromatic heterocycles. The quantitative estimate of drug-likeness (QED) is 0.730. The van der Waals surface area contributed by atoms with Crippen LogP contribution >= 0.6 is 0 Å². The molecule has 5 heteroatoms. The second kappa shape index (κ2) is 3.10. The van der Waals surface area contributed by atoms with Gasteiger partial charge in [0.25, 0.3) is 0 Å². The Hall–Kier alpha value is -1.91. The van der Waals surface area contributed by atoms with Gasteiger partial charge in [0.05, 0.1) is 11.8 Å². The Morgan fingerprint density at radius 3 is 2.36 bits per heavy atom. The lowest BCUT2D eigenvalue weighted by molar-refractivity contribution is 0.588. The monoisotopic (exact) mass is 195 g/mol. The summed E-state index contributed by atoms with van der Waals surface area (Å²) in [5.41, 5.74) is 5.16. The third kappa shape index (κ3) is 1.32. The lowest BCUT2D eigenvalue weighted by atomic mass is 10.2. The zero-order chi connectivity index (χ0) is 10.1. The number of nitrogen functional groups attached to an aromatic ring is 1. The van der Waals surface area contributed by atoms with E-state index in [2.05, 4.69) is 9.97 Å². The van der Waals surface area contributed by atoms with Crippen molar-refractivity contribution in [2.24, 2.45) is 0 Å². The van der Waals surface area contributed by atoms with Crippen LogP contribution in [-0.4, -0.2) is 9.97 Å². The van der Waals surface area contributed by atoms with Gasteiger partial charge in [0, 0.05) is 0 Å². The minimum Gasteiger partial charge on any atom is -0.384 e. The van der Waals surface area contributed by atoms with E-state index in [1.165, 1.54) is 12.3 Å². The van der Waals surface area contributed by atoms with Crippen molar-refractivity contribution in [3.05, 3.63) is 36.0 Å². The molecule has 0 aliphatic carbocycles. The first-order chi connectivity index (χ1) is 6.68. The summed E-state index contributed by atoms with van der Waals surface area (Å²) < 4.78 is 26.4. The number of H-pyrrole nitrogens is 1. The molecule has 3 N–H and O–H groups in total. The number of imidazole rings is 1. The van der Waals surface area contributed by atoms with E-state index in [0.717, 1.165) is 12.1 Å². The SMILES string of the molecule is Nc1cnc(-c2c(F)cccc2F)[nH]1. The fraction of sp³-hybridized carbons (Fsp3) is 0. The van der Waals surface area contributed by atoms with E-state index in [1.807, 2.05) is 0 Å². The van der Waals surface area contributed by atoms with Gasteiger partial charge >= 0.3 is 0 Å². The number of aromatic nitrogens is 2. The van der Waals surface area contributed by atoms with Gasteiger partial charge in [-0.25, -0.2) is 13.8 Å². The molecule has 1 heterocycles. The molecule has 0 atom stereocenters. The smallest absolute Gasteiger partial charge is 0.144 e. The highest BCUT2D eigenvalue weighted by Crippen LogP contribution is 2.23. The van der Waals surface area contributed by atoms with E-state index in [4.69, 9.17) is 5.73 Å². The molecule has 14 heavy (non-hydrogen) atoms. The van der Waals surface area contributed by atoms with Crippen LogP contribution < -0.4 is 5.73 Å². The molecule has 0 unspecified atom stereocenters. The van der Waals surface area contributed by atoms with Crippen LogP contribution in [-0.2, 0) is 0 Å². The van der Waals surface area contributed by atoms with E-state index in [9.17, 15) is 8.78 Å². The largest absolute Gasteiger partial charge is 0.384 e. The van der Waals surface area contributed by atoms with E-state index in [0.29, 0.717) is 0 Å². The molecule has 1 aromatic carbocycles. The maximum absolute atomic E-state index is 13.2. The molecule has 0 aliphatic heterocycles. The zero-order valence-electron chi connectivity index (χ0n) is 7.09. The van der Waals surface area contributed by atoms with E-state index >= 15 is 0 Å². The van der Waals surface area contributed by atoms with Gasteiger partial charge in [0.2, 0.25) is 0 Å². The minimum atomic E-state index is -0.667. The van der Waals surface area contributed by atoms with Crippen LogP contribution in [0.25, 0.3) is 11.4 Å². The summed E-state index contributed by atoms with van der Waals surface area (Å²) in [5, 5.41) is 0. The zero-order valence-corrected chi connectivity index (χ0v) is 7.09. The number of nitrogens with zero attached hydrogens (tertiary/aromatic N) is 1. The highest BCUT2D eigenvalue weighted by molar-refractivity contribution is 5.58. The number of aromatic amines is 1. The van der Waals surface area contributed by atoms with Crippen molar-refractivity contribution >= 4 is 5.82 Å². The second-order valence-electron chi connectivity index (χ2n) is 2.78. The number of benzene rings is 1. The molecular weight excluding hydrogens is 188 g/mol. The number of hydrogen-bond acceptors (Lipinski definition) is 2. The first-order valence-corrected chi connectivity index (χ1v) is 3.93. The van der Waals surface area contributed by atoms with Gasteiger partial charge in [0.15, 0.2) is 0 Å². The first-order valence-electron chi connectivity index (χ1n) is 3.93. The summed E-state index contributed by atoms with van der Waals surface area (Å²) in [6.07, 6.45) is 1.31. The predicted molar refractivity (Wildman–Crippen MR) is 48.4 cm³/mol. The highest BCUT2D eigenvalue weighted by atomic mass is 19.1. The summed E-state index contributed by atoms with van der Waals surface area (Å²) in [5.74, 6) is -0.973. The maximum atomic E-state index is 13.2. The highest BCUT2D eigenvalue weighted by Gasteiger charge is 2.13. The second-order valence-corrected chi connectivity index (χ2v) is 2.78. The van der Waals surface area contributed by atoms with Gasteiger partial charge in [-0.15, -0.1) is 0 Å². The van der Waals surface area contributed by atoms with Crippen molar-refractivity contribution in [2.75, 3.05) is 5.73 Å². The summed E-state index contributed by atoms with van der Waals surface area (Å²) in [6.45, 7) is 0. The van der Waals surface area contributed by atoms with Gasteiger partial charge in [-0.3, -0.25) is 0 Å². The Labute approximate surface area is 78.6 Å². The van der Waals surface area contributed by atoms with Crippen LogP contribution in [0.5, 0.6) is 0 Å². The lowest BCUT2D eigenvalue weighted by Crippen LogP contribution is -1.91. The lowest BCUT2D eigenvalue weighted by Gasteiger charge is -2.00. The van der Waals surface area contributed by atoms with Gasteiger partial charge in [-0.05, 0) is 12.1 Å². The number of hydrogen-bond donors (Lipinski definition) is 2. The number of halogens is 2. The molecule has 0 aliphatic rings. The van der Waals surface area contributed by atoms with Crippen LogP contribution in [0.15, 0.2) is 24.4 Å². The molecule has 2 rings (SSSR count). The van der Waals surface area contributed by atoms with Gasteiger partial charge in [-0.2, -0.15) is 0 Å². The summed E-state index contributed by atoms with van der Waals surface area (Å²) >= 11 is 0. The molecule has 0 amide bonds. The first kappa shape index (κ1) is 8.68. The van der Waals surface area contributed by atoms with E-state index < -0.39 is 11.6 Å². The molecule has 0 radical (unpaired) electrons. The van der Waals surface area contributed by atoms with Crippen LogP contribution in [0.1, 0.15) is 0 Å². The van der Waals surface area contributed by atoms with Crippen molar-refractivity contribution < 1.29 is 8.78 Å². The molecular formula is C9H7F2N3. The Morgan fingerprint density at radius 2 is 1.86 bits per heavy atom. The van der Waals surface area contributed by atoms with Crippen LogP contribution in [0, 0.1) is 11.6 Å². The maximum Gasteiger partial charge on any atom is 0.144 e. The van der Waals surface area contributed by atoms with Gasteiger partial charge in [-0.1, -0.05) is 6.07 Å². The predicted octanol–water partition coefficient (Wildman–Crippen LogP) is 1.94. The van der Waals surface area contributed by atoms with Crippen molar-refractivity contribution in [1.82, 2.24) is 9.97 Å². The third-order valence-electron chi connectivity index (χ3n) is 1.80. The normalized spacial score (nSPS) is 10.4. The number of anilines is 1. The molecule has 0 spiro atoms. The molecule has 0 saturated heterocycles. The van der Waals surface area contributed by atoms with Crippen molar-refractivity contribution in [2.45, 2.75) is 0 Å². The van der Waals surface area contributed by atoms with Crippen molar-refractivity contribution in [1.29, 1.82) is 0 Å². The fourth-order valence-corrected chi connectivity index (χ4v) is 1.19. The third-order valence-corrected chi connectivity index (χ3v) is 1.80. The molecule has 0 saturated carbocycles. The molecule has 3 nitrogen and oxygen atoms in total. The standard InChI is InChI=1S/C9H7F2N3/c10-5-2-1-3-6(11)8(5)9-13-4-7(12)14-9/h1-4H,12H2,(H,13,14). The fourth-order valence-electron chi connectivity index (χ4n) is 1.19. The Kier molecular flexibility index (Phi) is 1.92. The van der Waals surface area contributed by atoms with Gasteiger partial charge < -0.3 is 10.7 Å². The molecule has 2 aromatic rings. The average Bonchev–Trinajstić information content (AvgIpc) is 2.51. The number of nitrogens with two attached hydrogens (primary N) is 1. The molecule has 0 fully saturated rings. The van der Waals surface area contributed by atoms with Crippen LogP contribution in [0.4, 0.5) is 14.6 Å². The summed E-state index contributed by atoms with van der Waals surface area (Å²) in [7, 11) is 0. The number of nitrogens with one attached hydrogen (secondary N) is 1. The summed E-state index contributed by atoms with van der Waals surface area (Å²) in [4.78, 5) is 6.31. The Bertz CT molecular complexity index is 445. The van der Waals surface area contributed by atoms with E-state index in [1.54, 1.807) is 0 Å². The van der Waals surface area contributed by atoms with Crippen molar-refractivity contribution in [3.8, 4) is 11.4 Å². The summed E-state index contributed by atoms with van der Waals surface area (Å²) in [6, 6.07) is 3.62. The average molecular weight is 195 g/mol. The molecule has 72 valence electrons. The van der Waals surface area contributed by atoms with Crippen molar-refractivity contribution in [3.63, 3.8) is 0 Å². The Balaban J connectivity index is 2.61. The van der Waals surface area contributed by atoms with Gasteiger partial charge in [0.1, 0.15) is 23.3 Å². The van der Waals surface area contributed by atoms with E-state index in [-0.39, 0.29) is 17.2 Å². The molecule has 0 bridgehead atoms. The Morgan fingerprint density at radius 1 is 1.21 bits per heavy atom. The van der Waals surface area contributed by atoms with Crippen LogP contribution in [0.3, 0.4) is 0 Å².